The number of hydrogen-bond donors (Lipinski definition) is 1. The molecule has 3 heterocycles. The van der Waals surface area contributed by atoms with Crippen LogP contribution in [0.3, 0.4) is 0 Å². The summed E-state index contributed by atoms with van der Waals surface area (Å²) in [6.07, 6.45) is 3.13. The van der Waals surface area contributed by atoms with E-state index in [0.717, 1.165) is 44.8 Å². The smallest absolute Gasteiger partial charge is 0.258 e. The van der Waals surface area contributed by atoms with Crippen LogP contribution in [0.25, 0.3) is 0 Å². The van der Waals surface area contributed by atoms with E-state index in [1.165, 1.54) is 0 Å². The average Bonchev–Trinajstić information content (AvgIpc) is 2.98. The summed E-state index contributed by atoms with van der Waals surface area (Å²) in [5.41, 5.74) is -0.350. The SMILES string of the molecule is CC1(c2nc(C3CCNC3)no2)CCCO1. The Bertz CT molecular complexity index is 365. The molecule has 5 nitrogen and oxygen atoms in total. The van der Waals surface area contributed by atoms with Crippen LogP contribution in [0.2, 0.25) is 0 Å². The molecule has 3 rings (SSSR count). The molecule has 1 N–H and O–H groups in total. The lowest BCUT2D eigenvalue weighted by Gasteiger charge is -2.17. The van der Waals surface area contributed by atoms with Crippen molar-refractivity contribution in [3.8, 4) is 0 Å². The molecule has 0 saturated carbocycles. The third-order valence-electron chi connectivity index (χ3n) is 3.54. The van der Waals surface area contributed by atoms with E-state index in [4.69, 9.17) is 9.26 Å². The molecular formula is C11H17N3O2. The van der Waals surface area contributed by atoms with Crippen LogP contribution in [-0.2, 0) is 10.3 Å². The Balaban J connectivity index is 1.81. The van der Waals surface area contributed by atoms with E-state index in [0.29, 0.717) is 11.8 Å². The minimum Gasteiger partial charge on any atom is -0.365 e. The first-order valence-electron chi connectivity index (χ1n) is 5.97. The molecule has 0 spiro atoms. The van der Waals surface area contributed by atoms with Gasteiger partial charge in [-0.3, -0.25) is 0 Å². The zero-order valence-corrected chi connectivity index (χ0v) is 9.53. The Morgan fingerprint density at radius 3 is 3.12 bits per heavy atom. The van der Waals surface area contributed by atoms with E-state index in [1.54, 1.807) is 0 Å². The summed E-state index contributed by atoms with van der Waals surface area (Å²) in [6, 6.07) is 0. The first-order valence-corrected chi connectivity index (χ1v) is 5.97. The number of nitrogens with zero attached hydrogens (tertiary/aromatic N) is 2. The molecule has 88 valence electrons. The lowest BCUT2D eigenvalue weighted by atomic mass is 10.0. The van der Waals surface area contributed by atoms with Gasteiger partial charge in [0.25, 0.3) is 5.89 Å². The molecule has 0 radical (unpaired) electrons. The van der Waals surface area contributed by atoms with Gasteiger partial charge >= 0.3 is 0 Å². The van der Waals surface area contributed by atoms with Crippen molar-refractivity contribution < 1.29 is 9.26 Å². The van der Waals surface area contributed by atoms with E-state index in [1.807, 2.05) is 6.92 Å². The van der Waals surface area contributed by atoms with Crippen LogP contribution in [0.1, 0.15) is 43.8 Å². The van der Waals surface area contributed by atoms with Crippen molar-refractivity contribution in [1.29, 1.82) is 0 Å². The van der Waals surface area contributed by atoms with Gasteiger partial charge in [-0.25, -0.2) is 0 Å². The van der Waals surface area contributed by atoms with Gasteiger partial charge in [0, 0.05) is 19.1 Å². The summed E-state index contributed by atoms with van der Waals surface area (Å²) in [5, 5.41) is 7.39. The van der Waals surface area contributed by atoms with Gasteiger partial charge in [0.2, 0.25) is 0 Å². The standard InChI is InChI=1S/C11H17N3O2/c1-11(4-2-6-15-11)10-13-9(14-16-10)8-3-5-12-7-8/h8,12H,2-7H2,1H3. The molecule has 0 bridgehead atoms. The van der Waals surface area contributed by atoms with Crippen molar-refractivity contribution >= 4 is 0 Å². The molecule has 5 heteroatoms. The van der Waals surface area contributed by atoms with Crippen molar-refractivity contribution in [3.05, 3.63) is 11.7 Å². The Morgan fingerprint density at radius 2 is 2.44 bits per heavy atom. The fraction of sp³-hybridized carbons (Fsp3) is 0.818. The third-order valence-corrected chi connectivity index (χ3v) is 3.54. The first-order chi connectivity index (χ1) is 7.78. The Morgan fingerprint density at radius 1 is 1.50 bits per heavy atom. The molecule has 2 fully saturated rings. The number of ether oxygens (including phenoxy) is 1. The van der Waals surface area contributed by atoms with Gasteiger partial charge in [-0.1, -0.05) is 5.16 Å². The maximum Gasteiger partial charge on any atom is 0.258 e. The van der Waals surface area contributed by atoms with E-state index < -0.39 is 0 Å². The second kappa shape index (κ2) is 3.82. The van der Waals surface area contributed by atoms with Gasteiger partial charge in [0.15, 0.2) is 5.82 Å². The molecule has 0 aromatic carbocycles. The van der Waals surface area contributed by atoms with Crippen LogP contribution < -0.4 is 5.32 Å². The van der Waals surface area contributed by atoms with E-state index in [9.17, 15) is 0 Å². The molecule has 0 aliphatic carbocycles. The fourth-order valence-corrected chi connectivity index (χ4v) is 2.44. The molecule has 16 heavy (non-hydrogen) atoms. The molecule has 0 amide bonds. The second-order valence-electron chi connectivity index (χ2n) is 4.83. The topological polar surface area (TPSA) is 60.2 Å². The minimum atomic E-state index is -0.350. The zero-order valence-electron chi connectivity index (χ0n) is 9.53. The molecule has 1 aromatic heterocycles. The summed E-state index contributed by atoms with van der Waals surface area (Å²) in [7, 11) is 0. The van der Waals surface area contributed by atoms with Gasteiger partial charge in [-0.15, -0.1) is 0 Å². The van der Waals surface area contributed by atoms with Crippen LogP contribution in [0, 0.1) is 0 Å². The normalized spacial score (nSPS) is 34.7. The number of hydrogen-bond acceptors (Lipinski definition) is 5. The Labute approximate surface area is 94.6 Å². The van der Waals surface area contributed by atoms with E-state index in [2.05, 4.69) is 15.5 Å². The summed E-state index contributed by atoms with van der Waals surface area (Å²) in [4.78, 5) is 4.50. The highest BCUT2D eigenvalue weighted by molar-refractivity contribution is 5.04. The van der Waals surface area contributed by atoms with Crippen molar-refractivity contribution in [1.82, 2.24) is 15.5 Å². The molecule has 1 aromatic rings. The van der Waals surface area contributed by atoms with Gasteiger partial charge in [-0.2, -0.15) is 4.98 Å². The molecule has 2 aliphatic rings. The van der Waals surface area contributed by atoms with E-state index in [-0.39, 0.29) is 5.60 Å². The maximum absolute atomic E-state index is 5.69. The highest BCUT2D eigenvalue weighted by Crippen LogP contribution is 2.35. The zero-order chi connectivity index (χ0) is 11.0. The highest BCUT2D eigenvalue weighted by Gasteiger charge is 2.38. The number of nitrogens with one attached hydrogen (secondary N) is 1. The van der Waals surface area contributed by atoms with Gasteiger partial charge in [-0.05, 0) is 32.7 Å². The number of aromatic nitrogens is 2. The van der Waals surface area contributed by atoms with E-state index >= 15 is 0 Å². The first kappa shape index (κ1) is 10.2. The summed E-state index contributed by atoms with van der Waals surface area (Å²) >= 11 is 0. The fourth-order valence-electron chi connectivity index (χ4n) is 2.44. The molecule has 2 aliphatic heterocycles. The van der Waals surface area contributed by atoms with Crippen molar-refractivity contribution in [2.45, 2.75) is 37.7 Å². The van der Waals surface area contributed by atoms with Crippen molar-refractivity contribution in [2.24, 2.45) is 0 Å². The predicted octanol–water partition coefficient (Wildman–Crippen LogP) is 1.17. The van der Waals surface area contributed by atoms with Crippen molar-refractivity contribution in [3.63, 3.8) is 0 Å². The lowest BCUT2D eigenvalue weighted by molar-refractivity contribution is -0.00937. The van der Waals surface area contributed by atoms with Gasteiger partial charge < -0.3 is 14.6 Å². The monoisotopic (exact) mass is 223 g/mol. The summed E-state index contributed by atoms with van der Waals surface area (Å²) in [5.74, 6) is 1.88. The molecule has 2 atom stereocenters. The molecular weight excluding hydrogens is 206 g/mol. The Hall–Kier alpha value is -0.940. The maximum atomic E-state index is 5.69. The number of rotatable bonds is 2. The predicted molar refractivity (Wildman–Crippen MR) is 57.1 cm³/mol. The molecule has 2 saturated heterocycles. The van der Waals surface area contributed by atoms with Crippen LogP contribution >= 0.6 is 0 Å². The van der Waals surface area contributed by atoms with Crippen LogP contribution in [-0.4, -0.2) is 29.8 Å². The summed E-state index contributed by atoms with van der Waals surface area (Å²) < 4.78 is 11.0. The van der Waals surface area contributed by atoms with Crippen molar-refractivity contribution in [2.75, 3.05) is 19.7 Å². The largest absolute Gasteiger partial charge is 0.365 e. The summed E-state index contributed by atoms with van der Waals surface area (Å²) in [6.45, 7) is 4.82. The lowest BCUT2D eigenvalue weighted by Crippen LogP contribution is -2.20. The highest BCUT2D eigenvalue weighted by atomic mass is 16.5. The average molecular weight is 223 g/mol. The molecule has 2 unspecified atom stereocenters. The van der Waals surface area contributed by atoms with Crippen LogP contribution in [0.5, 0.6) is 0 Å². The third kappa shape index (κ3) is 1.64. The van der Waals surface area contributed by atoms with Gasteiger partial charge in [0.05, 0.1) is 0 Å². The Kier molecular flexibility index (Phi) is 2.44. The quantitative estimate of drug-likeness (QED) is 0.815. The minimum absolute atomic E-state index is 0.350. The van der Waals surface area contributed by atoms with Crippen LogP contribution in [0.4, 0.5) is 0 Å². The van der Waals surface area contributed by atoms with Gasteiger partial charge in [0.1, 0.15) is 5.60 Å². The van der Waals surface area contributed by atoms with Crippen LogP contribution in [0.15, 0.2) is 4.52 Å². The second-order valence-corrected chi connectivity index (χ2v) is 4.83.